The molecule has 2 aromatic rings. The molecular weight excluding hydrogens is 388 g/mol. The molecule has 1 aromatic carbocycles. The summed E-state index contributed by atoms with van der Waals surface area (Å²) in [6, 6.07) is 8.87. The molecule has 0 atom stereocenters. The van der Waals surface area contributed by atoms with Gasteiger partial charge in [-0.2, -0.15) is 0 Å². The zero-order valence-electron chi connectivity index (χ0n) is 19.6. The van der Waals surface area contributed by atoms with Crippen LogP contribution in [0.2, 0.25) is 0 Å². The number of benzene rings is 1. The van der Waals surface area contributed by atoms with E-state index in [9.17, 15) is 0 Å². The Labute approximate surface area is 186 Å². The highest BCUT2D eigenvalue weighted by Crippen LogP contribution is 2.15. The maximum Gasteiger partial charge on any atom is 0.191 e. The SMILES string of the molecule is CCNC(=NCc1ccc(CN2CCN(C)CC2)cc1)NCc1c(CC)noc1CC. The average Bonchev–Trinajstić information content (AvgIpc) is 3.20. The van der Waals surface area contributed by atoms with Gasteiger partial charge >= 0.3 is 0 Å². The molecule has 2 N–H and O–H groups in total. The number of rotatable bonds is 9. The van der Waals surface area contributed by atoms with Crippen molar-refractivity contribution in [3.05, 3.63) is 52.4 Å². The van der Waals surface area contributed by atoms with Gasteiger partial charge in [-0.05, 0) is 31.5 Å². The molecule has 31 heavy (non-hydrogen) atoms. The summed E-state index contributed by atoms with van der Waals surface area (Å²) >= 11 is 0. The Balaban J connectivity index is 1.55. The fourth-order valence-electron chi connectivity index (χ4n) is 3.84. The van der Waals surface area contributed by atoms with E-state index < -0.39 is 0 Å². The molecule has 1 saturated heterocycles. The van der Waals surface area contributed by atoms with Crippen LogP contribution in [0.5, 0.6) is 0 Å². The number of hydrogen-bond donors (Lipinski definition) is 2. The molecule has 1 aliphatic rings. The summed E-state index contributed by atoms with van der Waals surface area (Å²) < 4.78 is 5.47. The molecule has 0 bridgehead atoms. The van der Waals surface area contributed by atoms with E-state index in [-0.39, 0.29) is 0 Å². The van der Waals surface area contributed by atoms with E-state index in [0.717, 1.165) is 75.1 Å². The molecule has 0 radical (unpaired) electrons. The van der Waals surface area contributed by atoms with Gasteiger partial charge in [0.2, 0.25) is 0 Å². The first-order valence-corrected chi connectivity index (χ1v) is 11.6. The number of guanidine groups is 1. The molecule has 7 heteroatoms. The molecule has 0 spiro atoms. The number of hydrogen-bond acceptors (Lipinski definition) is 5. The van der Waals surface area contributed by atoms with E-state index >= 15 is 0 Å². The fraction of sp³-hybridized carbons (Fsp3) is 0.583. The Hall–Kier alpha value is -2.38. The third kappa shape index (κ3) is 6.80. The summed E-state index contributed by atoms with van der Waals surface area (Å²) in [7, 11) is 2.20. The highest BCUT2D eigenvalue weighted by Gasteiger charge is 2.14. The summed E-state index contributed by atoms with van der Waals surface area (Å²) in [6.07, 6.45) is 1.72. The summed E-state index contributed by atoms with van der Waals surface area (Å²) in [5.74, 6) is 1.77. The topological polar surface area (TPSA) is 68.9 Å². The van der Waals surface area contributed by atoms with E-state index in [4.69, 9.17) is 9.52 Å². The van der Waals surface area contributed by atoms with Crippen molar-refractivity contribution >= 4 is 5.96 Å². The lowest BCUT2D eigenvalue weighted by molar-refractivity contribution is 0.148. The molecular formula is C24H38N6O. The Morgan fingerprint density at radius 2 is 1.71 bits per heavy atom. The summed E-state index contributed by atoms with van der Waals surface area (Å²) in [6.45, 7) is 14.0. The Bertz CT molecular complexity index is 800. The van der Waals surface area contributed by atoms with Crippen LogP contribution in [0.1, 0.15) is 48.9 Å². The zero-order chi connectivity index (χ0) is 22.1. The molecule has 0 aliphatic carbocycles. The number of aryl methyl sites for hydroxylation is 2. The molecule has 0 unspecified atom stereocenters. The first kappa shape index (κ1) is 23.3. The largest absolute Gasteiger partial charge is 0.361 e. The monoisotopic (exact) mass is 426 g/mol. The smallest absolute Gasteiger partial charge is 0.191 e. The number of aliphatic imine (C=N–C) groups is 1. The first-order valence-electron chi connectivity index (χ1n) is 11.6. The molecule has 0 amide bonds. The van der Waals surface area contributed by atoms with Crippen molar-refractivity contribution in [2.24, 2.45) is 4.99 Å². The molecule has 1 aliphatic heterocycles. The van der Waals surface area contributed by atoms with Crippen molar-refractivity contribution in [2.45, 2.75) is 53.2 Å². The predicted molar refractivity (Wildman–Crippen MR) is 126 cm³/mol. The highest BCUT2D eigenvalue weighted by molar-refractivity contribution is 5.79. The van der Waals surface area contributed by atoms with E-state index in [1.165, 1.54) is 11.1 Å². The van der Waals surface area contributed by atoms with E-state index in [1.807, 2.05) is 0 Å². The highest BCUT2D eigenvalue weighted by atomic mass is 16.5. The van der Waals surface area contributed by atoms with Gasteiger partial charge in [-0.15, -0.1) is 0 Å². The predicted octanol–water partition coefficient (Wildman–Crippen LogP) is 2.80. The quantitative estimate of drug-likeness (QED) is 0.475. The van der Waals surface area contributed by atoms with Gasteiger partial charge in [-0.25, -0.2) is 4.99 Å². The maximum atomic E-state index is 5.47. The summed E-state index contributed by atoms with van der Waals surface area (Å²) in [5, 5.41) is 11.0. The van der Waals surface area contributed by atoms with E-state index in [0.29, 0.717) is 13.1 Å². The lowest BCUT2D eigenvalue weighted by atomic mass is 10.1. The van der Waals surface area contributed by atoms with Gasteiger partial charge < -0.3 is 20.1 Å². The summed E-state index contributed by atoms with van der Waals surface area (Å²) in [4.78, 5) is 9.69. The number of nitrogens with zero attached hydrogens (tertiary/aromatic N) is 4. The van der Waals surface area contributed by atoms with Gasteiger partial charge in [0.15, 0.2) is 5.96 Å². The molecule has 2 heterocycles. The second-order valence-corrected chi connectivity index (χ2v) is 8.18. The summed E-state index contributed by atoms with van der Waals surface area (Å²) in [5.41, 5.74) is 4.77. The second kappa shape index (κ2) is 11.9. The number of piperazine rings is 1. The van der Waals surface area contributed by atoms with Crippen LogP contribution in [0.4, 0.5) is 0 Å². The van der Waals surface area contributed by atoms with Gasteiger partial charge in [-0.1, -0.05) is 43.3 Å². The standard InChI is InChI=1S/C24H38N6O/c1-5-22-21(23(6-2)31-28-22)17-27-24(25-7-3)26-16-19-8-10-20(11-9-19)18-30-14-12-29(4)13-15-30/h8-11H,5-7,12-18H2,1-4H3,(H2,25,26,27). The Morgan fingerprint density at radius 1 is 1.00 bits per heavy atom. The molecule has 170 valence electrons. The van der Waals surface area contributed by atoms with Crippen LogP contribution in [0.25, 0.3) is 0 Å². The van der Waals surface area contributed by atoms with Crippen LogP contribution in [0, 0.1) is 0 Å². The van der Waals surface area contributed by atoms with Crippen molar-refractivity contribution in [3.8, 4) is 0 Å². The minimum atomic E-state index is 0.648. The van der Waals surface area contributed by atoms with Crippen LogP contribution >= 0.6 is 0 Å². The van der Waals surface area contributed by atoms with Crippen LogP contribution in [-0.4, -0.2) is 60.7 Å². The minimum Gasteiger partial charge on any atom is -0.361 e. The first-order chi connectivity index (χ1) is 15.1. The zero-order valence-corrected chi connectivity index (χ0v) is 19.6. The van der Waals surface area contributed by atoms with Gasteiger partial charge in [0.25, 0.3) is 0 Å². The van der Waals surface area contributed by atoms with Gasteiger partial charge in [0.05, 0.1) is 12.2 Å². The van der Waals surface area contributed by atoms with Crippen LogP contribution < -0.4 is 10.6 Å². The average molecular weight is 427 g/mol. The van der Waals surface area contributed by atoms with Gasteiger partial charge in [0, 0.05) is 57.8 Å². The molecule has 1 aromatic heterocycles. The molecule has 1 fully saturated rings. The third-order valence-electron chi connectivity index (χ3n) is 5.83. The maximum absolute atomic E-state index is 5.47. The van der Waals surface area contributed by atoms with Gasteiger partial charge in [-0.3, -0.25) is 4.90 Å². The van der Waals surface area contributed by atoms with Crippen LogP contribution in [-0.2, 0) is 32.5 Å². The van der Waals surface area contributed by atoms with E-state index in [2.05, 4.69) is 77.7 Å². The van der Waals surface area contributed by atoms with Gasteiger partial charge in [0.1, 0.15) is 5.76 Å². The number of likely N-dealkylation sites (N-methyl/N-ethyl adjacent to an activating group) is 1. The lowest BCUT2D eigenvalue weighted by Crippen LogP contribution is -2.43. The second-order valence-electron chi connectivity index (χ2n) is 8.18. The van der Waals surface area contributed by atoms with Crippen LogP contribution in [0.3, 0.4) is 0 Å². The Morgan fingerprint density at radius 3 is 2.35 bits per heavy atom. The van der Waals surface area contributed by atoms with Crippen LogP contribution in [0.15, 0.2) is 33.8 Å². The normalized spacial score (nSPS) is 15.9. The third-order valence-corrected chi connectivity index (χ3v) is 5.83. The van der Waals surface area contributed by atoms with Crippen molar-refractivity contribution < 1.29 is 4.52 Å². The molecule has 3 rings (SSSR count). The van der Waals surface area contributed by atoms with E-state index in [1.54, 1.807) is 0 Å². The lowest BCUT2D eigenvalue weighted by Gasteiger charge is -2.32. The van der Waals surface area contributed by atoms with Crippen molar-refractivity contribution in [2.75, 3.05) is 39.8 Å². The van der Waals surface area contributed by atoms with Crippen molar-refractivity contribution in [3.63, 3.8) is 0 Å². The number of nitrogens with one attached hydrogen (secondary N) is 2. The van der Waals surface area contributed by atoms with Crippen molar-refractivity contribution in [1.29, 1.82) is 0 Å². The van der Waals surface area contributed by atoms with Crippen molar-refractivity contribution in [1.82, 2.24) is 25.6 Å². The molecule has 0 saturated carbocycles. The minimum absolute atomic E-state index is 0.648. The Kier molecular flexibility index (Phi) is 8.91. The molecule has 7 nitrogen and oxygen atoms in total. The fourth-order valence-corrected chi connectivity index (χ4v) is 3.84. The number of aromatic nitrogens is 1.